The summed E-state index contributed by atoms with van der Waals surface area (Å²) in [5.74, 6) is -0.861. The summed E-state index contributed by atoms with van der Waals surface area (Å²) in [6.45, 7) is 0.754. The Morgan fingerprint density at radius 1 is 0.630 bits per heavy atom. The van der Waals surface area contributed by atoms with E-state index in [-0.39, 0.29) is 26.4 Å². The minimum Gasteiger partial charge on any atom is -0.460 e. The fraction of sp³-hybridized carbons (Fsp3) is 0.182. The van der Waals surface area contributed by atoms with Gasteiger partial charge in [-0.2, -0.15) is 0 Å². The molecule has 27 heavy (non-hydrogen) atoms. The van der Waals surface area contributed by atoms with Crippen molar-refractivity contribution in [3.8, 4) is 0 Å². The highest BCUT2D eigenvalue weighted by Gasteiger charge is 1.99. The van der Waals surface area contributed by atoms with Gasteiger partial charge in [0.05, 0.1) is 13.2 Å². The van der Waals surface area contributed by atoms with Crippen LogP contribution in [0.2, 0.25) is 0 Å². The highest BCUT2D eigenvalue weighted by molar-refractivity contribution is 5.87. The molecular weight excluding hydrogens is 344 g/mol. The van der Waals surface area contributed by atoms with Crippen LogP contribution in [0.25, 0.3) is 12.2 Å². The van der Waals surface area contributed by atoms with Gasteiger partial charge in [0.25, 0.3) is 0 Å². The summed E-state index contributed by atoms with van der Waals surface area (Å²) in [6, 6.07) is 18.9. The quantitative estimate of drug-likeness (QED) is 0.366. The van der Waals surface area contributed by atoms with Crippen LogP contribution in [-0.2, 0) is 23.8 Å². The lowest BCUT2D eigenvalue weighted by Crippen LogP contribution is -2.13. The number of hydrogen-bond donors (Lipinski definition) is 0. The topological polar surface area (TPSA) is 61.8 Å². The highest BCUT2D eigenvalue weighted by atomic mass is 16.6. The van der Waals surface area contributed by atoms with E-state index in [9.17, 15) is 9.59 Å². The molecule has 0 unspecified atom stereocenters. The Labute approximate surface area is 158 Å². The van der Waals surface area contributed by atoms with E-state index in [1.165, 1.54) is 12.2 Å². The first-order valence-corrected chi connectivity index (χ1v) is 8.61. The van der Waals surface area contributed by atoms with Gasteiger partial charge in [0, 0.05) is 12.2 Å². The predicted octanol–water partition coefficient (Wildman–Crippen LogP) is 3.52. The van der Waals surface area contributed by atoms with Crippen LogP contribution < -0.4 is 0 Å². The summed E-state index contributed by atoms with van der Waals surface area (Å²) in [7, 11) is 0. The molecule has 0 bridgehead atoms. The predicted molar refractivity (Wildman–Crippen MR) is 104 cm³/mol. The molecule has 0 radical (unpaired) electrons. The number of benzene rings is 2. The van der Waals surface area contributed by atoms with Crippen LogP contribution in [0, 0.1) is 0 Å². The fourth-order valence-corrected chi connectivity index (χ4v) is 2.06. The van der Waals surface area contributed by atoms with E-state index in [4.69, 9.17) is 14.2 Å². The summed E-state index contributed by atoms with van der Waals surface area (Å²) in [5.41, 5.74) is 1.85. The average molecular weight is 366 g/mol. The second kappa shape index (κ2) is 12.2. The maximum atomic E-state index is 11.5. The van der Waals surface area contributed by atoms with E-state index in [2.05, 4.69) is 0 Å². The number of hydrogen-bond acceptors (Lipinski definition) is 5. The van der Waals surface area contributed by atoms with Crippen LogP contribution in [0.4, 0.5) is 0 Å². The van der Waals surface area contributed by atoms with Gasteiger partial charge in [-0.05, 0) is 23.3 Å². The molecule has 0 aliphatic rings. The lowest BCUT2D eigenvalue weighted by molar-refractivity contribution is -0.140. The van der Waals surface area contributed by atoms with E-state index >= 15 is 0 Å². The zero-order valence-electron chi connectivity index (χ0n) is 15.0. The SMILES string of the molecule is O=C(C=Cc1ccccc1)OCCOCCOC(=O)C=Cc1ccccc1. The Hall–Kier alpha value is -3.18. The van der Waals surface area contributed by atoms with Gasteiger partial charge in [0.15, 0.2) is 0 Å². The molecule has 5 nitrogen and oxygen atoms in total. The van der Waals surface area contributed by atoms with Crippen LogP contribution in [0.15, 0.2) is 72.8 Å². The van der Waals surface area contributed by atoms with Gasteiger partial charge < -0.3 is 14.2 Å². The van der Waals surface area contributed by atoms with E-state index < -0.39 is 11.9 Å². The van der Waals surface area contributed by atoms with Crippen LogP contribution in [-0.4, -0.2) is 38.4 Å². The lowest BCUT2D eigenvalue weighted by atomic mass is 10.2. The molecular formula is C22H22O5. The number of carbonyl (C=O) groups is 2. The molecule has 0 aliphatic carbocycles. The number of ether oxygens (including phenoxy) is 3. The Morgan fingerprint density at radius 2 is 1.04 bits per heavy atom. The molecule has 2 aromatic rings. The van der Waals surface area contributed by atoms with Gasteiger partial charge >= 0.3 is 11.9 Å². The summed E-state index contributed by atoms with van der Waals surface area (Å²) in [6.07, 6.45) is 6.11. The molecule has 2 rings (SSSR count). The smallest absolute Gasteiger partial charge is 0.330 e. The van der Waals surface area contributed by atoms with Crippen molar-refractivity contribution in [3.63, 3.8) is 0 Å². The van der Waals surface area contributed by atoms with E-state index in [0.29, 0.717) is 0 Å². The maximum absolute atomic E-state index is 11.5. The van der Waals surface area contributed by atoms with E-state index in [0.717, 1.165) is 11.1 Å². The van der Waals surface area contributed by atoms with Crippen molar-refractivity contribution in [1.29, 1.82) is 0 Å². The van der Waals surface area contributed by atoms with Crippen molar-refractivity contribution in [2.24, 2.45) is 0 Å². The molecule has 5 heteroatoms. The van der Waals surface area contributed by atoms with Gasteiger partial charge in [0.2, 0.25) is 0 Å². The molecule has 0 amide bonds. The van der Waals surface area contributed by atoms with E-state index in [1.807, 2.05) is 60.7 Å². The van der Waals surface area contributed by atoms with Crippen molar-refractivity contribution in [1.82, 2.24) is 0 Å². The molecule has 140 valence electrons. The monoisotopic (exact) mass is 366 g/mol. The summed E-state index contributed by atoms with van der Waals surface area (Å²) >= 11 is 0. The third-order valence-electron chi connectivity index (χ3n) is 3.37. The van der Waals surface area contributed by atoms with Crippen LogP contribution in [0.3, 0.4) is 0 Å². The normalized spacial score (nSPS) is 11.0. The Morgan fingerprint density at radius 3 is 1.44 bits per heavy atom. The number of esters is 2. The molecule has 0 N–H and O–H groups in total. The van der Waals surface area contributed by atoms with Crippen molar-refractivity contribution >= 4 is 24.1 Å². The Kier molecular flexibility index (Phi) is 9.11. The molecule has 0 fully saturated rings. The van der Waals surface area contributed by atoms with Gasteiger partial charge in [-0.3, -0.25) is 0 Å². The number of carbonyl (C=O) groups excluding carboxylic acids is 2. The zero-order chi connectivity index (χ0) is 19.2. The highest BCUT2D eigenvalue weighted by Crippen LogP contribution is 2.02. The average Bonchev–Trinajstić information content (AvgIpc) is 2.71. The van der Waals surface area contributed by atoms with Gasteiger partial charge in [-0.15, -0.1) is 0 Å². The molecule has 0 saturated carbocycles. The summed E-state index contributed by atoms with van der Waals surface area (Å²) in [5, 5.41) is 0. The van der Waals surface area contributed by atoms with Crippen LogP contribution in [0.1, 0.15) is 11.1 Å². The summed E-state index contributed by atoms with van der Waals surface area (Å²) in [4.78, 5) is 23.1. The minimum atomic E-state index is -0.431. The van der Waals surface area contributed by atoms with Crippen molar-refractivity contribution in [2.45, 2.75) is 0 Å². The summed E-state index contributed by atoms with van der Waals surface area (Å²) < 4.78 is 15.3. The van der Waals surface area contributed by atoms with E-state index in [1.54, 1.807) is 12.2 Å². The van der Waals surface area contributed by atoms with Gasteiger partial charge in [0.1, 0.15) is 13.2 Å². The Balaban J connectivity index is 1.49. The molecule has 2 aromatic carbocycles. The van der Waals surface area contributed by atoms with Crippen molar-refractivity contribution < 1.29 is 23.8 Å². The van der Waals surface area contributed by atoms with Gasteiger partial charge in [-0.1, -0.05) is 60.7 Å². The van der Waals surface area contributed by atoms with Crippen molar-refractivity contribution in [2.75, 3.05) is 26.4 Å². The molecule has 0 atom stereocenters. The first-order chi connectivity index (χ1) is 13.2. The molecule has 0 spiro atoms. The second-order valence-corrected chi connectivity index (χ2v) is 5.44. The third kappa shape index (κ3) is 9.18. The molecule has 0 heterocycles. The van der Waals surface area contributed by atoms with Crippen LogP contribution in [0.5, 0.6) is 0 Å². The first kappa shape index (κ1) is 20.1. The standard InChI is InChI=1S/C22H22O5/c23-21(13-11-19-7-3-1-4-8-19)26-17-15-25-16-18-27-22(24)14-12-20-9-5-2-6-10-20/h1-14H,15-18H2. The lowest BCUT2D eigenvalue weighted by Gasteiger charge is -2.05. The molecule has 0 aromatic heterocycles. The van der Waals surface area contributed by atoms with Crippen LogP contribution >= 0.6 is 0 Å². The Bertz CT molecular complexity index is 685. The largest absolute Gasteiger partial charge is 0.460 e. The second-order valence-electron chi connectivity index (χ2n) is 5.44. The third-order valence-corrected chi connectivity index (χ3v) is 3.37. The maximum Gasteiger partial charge on any atom is 0.330 e. The van der Waals surface area contributed by atoms with Gasteiger partial charge in [-0.25, -0.2) is 9.59 Å². The zero-order valence-corrected chi connectivity index (χ0v) is 15.0. The first-order valence-electron chi connectivity index (χ1n) is 8.61. The molecule has 0 saturated heterocycles. The minimum absolute atomic E-state index is 0.139. The number of rotatable bonds is 10. The van der Waals surface area contributed by atoms with Crippen molar-refractivity contribution in [3.05, 3.63) is 83.9 Å². The molecule has 0 aliphatic heterocycles. The fourth-order valence-electron chi connectivity index (χ4n) is 2.06.